The van der Waals surface area contributed by atoms with E-state index in [9.17, 15) is 4.79 Å². The van der Waals surface area contributed by atoms with Crippen LogP contribution in [0.1, 0.15) is 21.5 Å². The summed E-state index contributed by atoms with van der Waals surface area (Å²) >= 11 is 3.51. The van der Waals surface area contributed by atoms with Crippen LogP contribution in [0.25, 0.3) is 11.1 Å². The minimum atomic E-state index is -0.0638. The summed E-state index contributed by atoms with van der Waals surface area (Å²) in [6, 6.07) is 16.7. The first-order chi connectivity index (χ1) is 13.5. The van der Waals surface area contributed by atoms with E-state index < -0.39 is 0 Å². The van der Waals surface area contributed by atoms with Gasteiger partial charge >= 0.3 is 0 Å². The molecule has 0 fully saturated rings. The number of methoxy groups -OCH3 is 3. The number of ether oxygens (including phenoxy) is 3. The van der Waals surface area contributed by atoms with E-state index >= 15 is 0 Å². The summed E-state index contributed by atoms with van der Waals surface area (Å²) in [5.74, 6) is 1.67. The molecular weight excluding hydrogens is 420 g/mol. The van der Waals surface area contributed by atoms with Gasteiger partial charge in [0.05, 0.1) is 26.9 Å². The van der Waals surface area contributed by atoms with Crippen LogP contribution in [0, 0.1) is 6.92 Å². The van der Waals surface area contributed by atoms with E-state index in [0.717, 1.165) is 15.6 Å². The van der Waals surface area contributed by atoms with E-state index in [0.29, 0.717) is 33.9 Å². The lowest BCUT2D eigenvalue weighted by Crippen LogP contribution is -2.05. The summed E-state index contributed by atoms with van der Waals surface area (Å²) in [5.41, 5.74) is 3.65. The zero-order valence-corrected chi connectivity index (χ0v) is 17.8. The summed E-state index contributed by atoms with van der Waals surface area (Å²) < 4.78 is 17.4. The Morgan fingerprint density at radius 3 is 2.11 bits per heavy atom. The zero-order valence-electron chi connectivity index (χ0n) is 16.2. The SMILES string of the molecule is COc1cc(OC)c(-c2cc(Br)ccc2C(=O)c2cccc(C)c2)c(OC)c1. The highest BCUT2D eigenvalue weighted by atomic mass is 79.9. The van der Waals surface area contributed by atoms with Crippen LogP contribution in [0.5, 0.6) is 17.2 Å². The molecule has 0 spiro atoms. The Labute approximate surface area is 173 Å². The molecule has 0 saturated carbocycles. The maximum Gasteiger partial charge on any atom is 0.193 e. The first-order valence-corrected chi connectivity index (χ1v) is 9.49. The van der Waals surface area contributed by atoms with Crippen LogP contribution in [0.15, 0.2) is 59.1 Å². The van der Waals surface area contributed by atoms with Crippen molar-refractivity contribution < 1.29 is 19.0 Å². The molecule has 3 aromatic rings. The summed E-state index contributed by atoms with van der Waals surface area (Å²) in [6.07, 6.45) is 0. The van der Waals surface area contributed by atoms with Gasteiger partial charge < -0.3 is 14.2 Å². The molecule has 3 aromatic carbocycles. The Morgan fingerprint density at radius 1 is 0.857 bits per heavy atom. The second kappa shape index (κ2) is 8.48. The van der Waals surface area contributed by atoms with E-state index in [-0.39, 0.29) is 5.78 Å². The second-order valence-corrected chi connectivity index (χ2v) is 7.21. The van der Waals surface area contributed by atoms with Crippen LogP contribution in [0.3, 0.4) is 0 Å². The molecule has 0 radical (unpaired) electrons. The lowest BCUT2D eigenvalue weighted by Gasteiger charge is -2.18. The van der Waals surface area contributed by atoms with Crippen molar-refractivity contribution in [3.8, 4) is 28.4 Å². The average molecular weight is 441 g/mol. The molecule has 5 heteroatoms. The number of aryl methyl sites for hydroxylation is 1. The number of rotatable bonds is 6. The van der Waals surface area contributed by atoms with Gasteiger partial charge in [0, 0.05) is 33.3 Å². The van der Waals surface area contributed by atoms with Crippen LogP contribution in [0.4, 0.5) is 0 Å². The minimum absolute atomic E-state index is 0.0638. The van der Waals surface area contributed by atoms with Crippen molar-refractivity contribution in [3.63, 3.8) is 0 Å². The fraction of sp³-hybridized carbons (Fsp3) is 0.174. The van der Waals surface area contributed by atoms with Crippen molar-refractivity contribution in [2.24, 2.45) is 0 Å². The van der Waals surface area contributed by atoms with Crippen molar-refractivity contribution >= 4 is 21.7 Å². The van der Waals surface area contributed by atoms with Crippen LogP contribution in [-0.2, 0) is 0 Å². The molecule has 0 amide bonds. The molecule has 3 rings (SSSR count). The molecule has 4 nitrogen and oxygen atoms in total. The van der Waals surface area contributed by atoms with Crippen molar-refractivity contribution in [2.75, 3.05) is 21.3 Å². The highest BCUT2D eigenvalue weighted by Crippen LogP contribution is 2.44. The van der Waals surface area contributed by atoms with Crippen molar-refractivity contribution in [2.45, 2.75) is 6.92 Å². The first-order valence-electron chi connectivity index (χ1n) is 8.69. The van der Waals surface area contributed by atoms with Crippen LogP contribution in [0.2, 0.25) is 0 Å². The van der Waals surface area contributed by atoms with Gasteiger partial charge in [-0.15, -0.1) is 0 Å². The van der Waals surface area contributed by atoms with Gasteiger partial charge in [0.15, 0.2) is 5.78 Å². The molecule has 144 valence electrons. The predicted molar refractivity (Wildman–Crippen MR) is 114 cm³/mol. The summed E-state index contributed by atoms with van der Waals surface area (Å²) in [6.45, 7) is 1.97. The quantitative estimate of drug-likeness (QED) is 0.462. The van der Waals surface area contributed by atoms with Crippen molar-refractivity contribution in [1.82, 2.24) is 0 Å². The van der Waals surface area contributed by atoms with Gasteiger partial charge in [-0.05, 0) is 31.2 Å². The summed E-state index contributed by atoms with van der Waals surface area (Å²) in [7, 11) is 4.75. The number of hydrogen-bond donors (Lipinski definition) is 0. The molecular formula is C23H21BrO4. The molecule has 0 atom stereocenters. The van der Waals surface area contributed by atoms with E-state index in [4.69, 9.17) is 14.2 Å². The number of carbonyl (C=O) groups is 1. The molecule has 0 saturated heterocycles. The maximum absolute atomic E-state index is 13.3. The normalized spacial score (nSPS) is 10.5. The van der Waals surface area contributed by atoms with Crippen LogP contribution >= 0.6 is 15.9 Å². The molecule has 0 aromatic heterocycles. The Morgan fingerprint density at radius 2 is 1.54 bits per heavy atom. The molecule has 0 unspecified atom stereocenters. The third kappa shape index (κ3) is 3.90. The molecule has 0 heterocycles. The summed E-state index contributed by atoms with van der Waals surface area (Å²) in [5, 5.41) is 0. The smallest absolute Gasteiger partial charge is 0.193 e. The van der Waals surface area contributed by atoms with E-state index in [2.05, 4.69) is 15.9 Å². The topological polar surface area (TPSA) is 44.8 Å². The third-order valence-corrected chi connectivity index (χ3v) is 4.98. The minimum Gasteiger partial charge on any atom is -0.496 e. The molecule has 0 bridgehead atoms. The van der Waals surface area contributed by atoms with Crippen molar-refractivity contribution in [3.05, 3.63) is 75.8 Å². The van der Waals surface area contributed by atoms with Gasteiger partial charge in [0.25, 0.3) is 0 Å². The average Bonchev–Trinajstić information content (AvgIpc) is 2.72. The Bertz CT molecular complexity index is 1000. The van der Waals surface area contributed by atoms with Gasteiger partial charge in [-0.2, -0.15) is 0 Å². The number of halogens is 1. The number of carbonyl (C=O) groups excluding carboxylic acids is 1. The Balaban J connectivity index is 2.26. The highest BCUT2D eigenvalue weighted by Gasteiger charge is 2.22. The van der Waals surface area contributed by atoms with Gasteiger partial charge in [0.2, 0.25) is 0 Å². The third-order valence-electron chi connectivity index (χ3n) is 4.49. The fourth-order valence-corrected chi connectivity index (χ4v) is 3.50. The molecule has 0 N–H and O–H groups in total. The van der Waals surface area contributed by atoms with Gasteiger partial charge in [0.1, 0.15) is 17.2 Å². The fourth-order valence-electron chi connectivity index (χ4n) is 3.13. The number of hydrogen-bond acceptors (Lipinski definition) is 4. The molecule has 0 aliphatic heterocycles. The Kier molecular flexibility index (Phi) is 6.05. The van der Waals surface area contributed by atoms with Gasteiger partial charge in [-0.3, -0.25) is 4.79 Å². The predicted octanol–water partition coefficient (Wildman–Crippen LogP) is 5.68. The van der Waals surface area contributed by atoms with Crippen LogP contribution in [-0.4, -0.2) is 27.1 Å². The van der Waals surface area contributed by atoms with Gasteiger partial charge in [-0.25, -0.2) is 0 Å². The maximum atomic E-state index is 13.3. The number of benzene rings is 3. The van der Waals surface area contributed by atoms with E-state index in [1.165, 1.54) is 0 Å². The highest BCUT2D eigenvalue weighted by molar-refractivity contribution is 9.10. The van der Waals surface area contributed by atoms with E-state index in [1.54, 1.807) is 33.5 Å². The lowest BCUT2D eigenvalue weighted by molar-refractivity contribution is 0.103. The number of ketones is 1. The van der Waals surface area contributed by atoms with Crippen LogP contribution < -0.4 is 14.2 Å². The Hall–Kier alpha value is -2.79. The van der Waals surface area contributed by atoms with Gasteiger partial charge in [-0.1, -0.05) is 39.7 Å². The standard InChI is InChI=1S/C23H21BrO4/c1-14-6-5-7-15(10-14)23(25)18-9-8-16(24)11-19(18)22-20(27-3)12-17(26-2)13-21(22)28-4/h5-13H,1-4H3. The first kappa shape index (κ1) is 20.0. The molecule has 28 heavy (non-hydrogen) atoms. The zero-order chi connectivity index (χ0) is 20.3. The monoisotopic (exact) mass is 440 g/mol. The molecule has 0 aliphatic carbocycles. The second-order valence-electron chi connectivity index (χ2n) is 6.30. The van der Waals surface area contributed by atoms with E-state index in [1.807, 2.05) is 49.4 Å². The lowest BCUT2D eigenvalue weighted by atomic mass is 9.92. The van der Waals surface area contributed by atoms with Crippen molar-refractivity contribution in [1.29, 1.82) is 0 Å². The molecule has 0 aliphatic rings. The summed E-state index contributed by atoms with van der Waals surface area (Å²) in [4.78, 5) is 13.3. The largest absolute Gasteiger partial charge is 0.496 e.